The van der Waals surface area contributed by atoms with Gasteiger partial charge in [-0.15, -0.1) is 0 Å². The molecule has 0 bridgehead atoms. The molecule has 0 spiro atoms. The number of piperidine rings is 1. The Kier molecular flexibility index (Phi) is 6.58. The summed E-state index contributed by atoms with van der Waals surface area (Å²) in [5, 5.41) is 14.9. The lowest BCUT2D eigenvalue weighted by molar-refractivity contribution is 0.0856. The molecule has 1 aromatic carbocycles. The Morgan fingerprint density at radius 3 is 2.62 bits per heavy atom. The molecule has 2 amide bonds. The summed E-state index contributed by atoms with van der Waals surface area (Å²) in [5.41, 5.74) is 1.57. The summed E-state index contributed by atoms with van der Waals surface area (Å²) < 4.78 is 5.00. The minimum Gasteiger partial charge on any atom is -0.450 e. The summed E-state index contributed by atoms with van der Waals surface area (Å²) in [4.78, 5) is 34.1. The van der Waals surface area contributed by atoms with Crippen LogP contribution in [0.4, 0.5) is 16.3 Å². The molecule has 0 unspecified atom stereocenters. The van der Waals surface area contributed by atoms with E-state index in [1.165, 1.54) is 6.33 Å². The van der Waals surface area contributed by atoms with Crippen LogP contribution >= 0.6 is 0 Å². The van der Waals surface area contributed by atoms with E-state index >= 15 is 0 Å². The van der Waals surface area contributed by atoms with Crippen LogP contribution in [-0.4, -0.2) is 52.6 Å². The van der Waals surface area contributed by atoms with Crippen molar-refractivity contribution in [3.05, 3.63) is 47.9 Å². The molecule has 29 heavy (non-hydrogen) atoms. The van der Waals surface area contributed by atoms with Crippen LogP contribution in [-0.2, 0) is 4.74 Å². The number of nitrogens with zero attached hydrogens (tertiary/aromatic N) is 4. The Morgan fingerprint density at radius 1 is 1.24 bits per heavy atom. The second-order valence-corrected chi connectivity index (χ2v) is 6.54. The fourth-order valence-corrected chi connectivity index (χ4v) is 3.01. The van der Waals surface area contributed by atoms with Gasteiger partial charge in [0.25, 0.3) is 5.91 Å². The average Bonchev–Trinajstić information content (AvgIpc) is 2.75. The number of nitrogens with one attached hydrogen (secondary N) is 2. The number of ether oxygens (including phenoxy) is 1. The first kappa shape index (κ1) is 20.1. The third kappa shape index (κ3) is 5.42. The smallest absolute Gasteiger partial charge is 0.409 e. The topological polar surface area (TPSA) is 120 Å². The molecular weight excluding hydrogens is 372 g/mol. The van der Waals surface area contributed by atoms with Crippen LogP contribution < -0.4 is 10.6 Å². The van der Waals surface area contributed by atoms with Gasteiger partial charge in [-0.05, 0) is 44.0 Å². The number of carbonyl (C=O) groups is 2. The number of benzene rings is 1. The van der Waals surface area contributed by atoms with Crippen molar-refractivity contribution < 1.29 is 14.3 Å². The fourth-order valence-electron chi connectivity index (χ4n) is 3.01. The molecule has 1 fully saturated rings. The maximum absolute atomic E-state index is 12.5. The van der Waals surface area contributed by atoms with Gasteiger partial charge in [0.1, 0.15) is 17.8 Å². The number of anilines is 2. The number of rotatable bonds is 5. The van der Waals surface area contributed by atoms with Gasteiger partial charge in [0.2, 0.25) is 0 Å². The minimum atomic E-state index is -0.313. The SMILES string of the molecule is CCOC(=O)N1CCC(NC(=O)c2cc(Nc3ccc(C#N)cc3)ncn2)CC1. The first-order valence-electron chi connectivity index (χ1n) is 9.41. The van der Waals surface area contributed by atoms with E-state index in [4.69, 9.17) is 10.00 Å². The van der Waals surface area contributed by atoms with Crippen molar-refractivity contribution in [1.82, 2.24) is 20.2 Å². The molecular formula is C20H22N6O3. The van der Waals surface area contributed by atoms with Crippen molar-refractivity contribution in [2.75, 3.05) is 25.0 Å². The summed E-state index contributed by atoms with van der Waals surface area (Å²) >= 11 is 0. The summed E-state index contributed by atoms with van der Waals surface area (Å²) in [6.45, 7) is 3.21. The summed E-state index contributed by atoms with van der Waals surface area (Å²) in [6.07, 6.45) is 2.33. The monoisotopic (exact) mass is 394 g/mol. The standard InChI is InChI=1S/C20H22N6O3/c1-2-29-20(28)26-9-7-16(8-10-26)25-19(27)17-11-18(23-13-22-17)24-15-5-3-14(12-21)4-6-15/h3-6,11,13,16H,2,7-10H2,1H3,(H,25,27)(H,22,23,24). The van der Waals surface area contributed by atoms with Gasteiger partial charge in [0.05, 0.1) is 18.2 Å². The van der Waals surface area contributed by atoms with Gasteiger partial charge < -0.3 is 20.3 Å². The fraction of sp³-hybridized carbons (Fsp3) is 0.350. The summed E-state index contributed by atoms with van der Waals surface area (Å²) in [7, 11) is 0. The minimum absolute atomic E-state index is 0.0296. The molecule has 0 saturated carbocycles. The molecule has 1 saturated heterocycles. The van der Waals surface area contributed by atoms with E-state index in [1.54, 1.807) is 42.2 Å². The lowest BCUT2D eigenvalue weighted by atomic mass is 10.1. The second-order valence-electron chi connectivity index (χ2n) is 6.54. The number of likely N-dealkylation sites (tertiary alicyclic amines) is 1. The average molecular weight is 394 g/mol. The second kappa shape index (κ2) is 9.50. The third-order valence-electron chi connectivity index (χ3n) is 4.54. The van der Waals surface area contributed by atoms with Crippen LogP contribution in [0.25, 0.3) is 0 Å². The largest absolute Gasteiger partial charge is 0.450 e. The third-order valence-corrected chi connectivity index (χ3v) is 4.54. The zero-order valence-corrected chi connectivity index (χ0v) is 16.1. The highest BCUT2D eigenvalue weighted by Crippen LogP contribution is 2.16. The van der Waals surface area contributed by atoms with E-state index < -0.39 is 0 Å². The molecule has 1 aromatic heterocycles. The zero-order chi connectivity index (χ0) is 20.6. The lowest BCUT2D eigenvalue weighted by Gasteiger charge is -2.31. The van der Waals surface area contributed by atoms with Gasteiger partial charge >= 0.3 is 6.09 Å². The lowest BCUT2D eigenvalue weighted by Crippen LogP contribution is -2.46. The van der Waals surface area contributed by atoms with Crippen molar-refractivity contribution in [1.29, 1.82) is 5.26 Å². The number of hydrogen-bond donors (Lipinski definition) is 2. The van der Waals surface area contributed by atoms with Crippen LogP contribution in [0.1, 0.15) is 35.8 Å². The highest BCUT2D eigenvalue weighted by Gasteiger charge is 2.25. The van der Waals surface area contributed by atoms with Gasteiger partial charge in [0.15, 0.2) is 0 Å². The van der Waals surface area contributed by atoms with E-state index in [9.17, 15) is 9.59 Å². The van der Waals surface area contributed by atoms with Crippen LogP contribution in [0.15, 0.2) is 36.7 Å². The quantitative estimate of drug-likeness (QED) is 0.799. The van der Waals surface area contributed by atoms with Crippen molar-refractivity contribution in [2.45, 2.75) is 25.8 Å². The van der Waals surface area contributed by atoms with Crippen molar-refractivity contribution in [3.8, 4) is 6.07 Å². The Bertz CT molecular complexity index is 901. The van der Waals surface area contributed by atoms with Gasteiger partial charge in [-0.2, -0.15) is 5.26 Å². The van der Waals surface area contributed by atoms with E-state index in [0.29, 0.717) is 43.9 Å². The molecule has 2 heterocycles. The van der Waals surface area contributed by atoms with Gasteiger partial charge in [-0.3, -0.25) is 4.79 Å². The van der Waals surface area contributed by atoms with E-state index in [1.807, 2.05) is 0 Å². The number of carbonyl (C=O) groups excluding carboxylic acids is 2. The maximum Gasteiger partial charge on any atom is 0.409 e. The van der Waals surface area contributed by atoms with Crippen molar-refractivity contribution in [2.24, 2.45) is 0 Å². The first-order chi connectivity index (χ1) is 14.1. The van der Waals surface area contributed by atoms with E-state index in [2.05, 4.69) is 26.7 Å². The maximum atomic E-state index is 12.5. The van der Waals surface area contributed by atoms with Gasteiger partial charge in [-0.25, -0.2) is 14.8 Å². The van der Waals surface area contributed by atoms with Crippen LogP contribution in [0.3, 0.4) is 0 Å². The predicted molar refractivity (Wildman–Crippen MR) is 106 cm³/mol. The van der Waals surface area contributed by atoms with E-state index in [0.717, 1.165) is 5.69 Å². The Hall–Kier alpha value is -3.67. The van der Waals surface area contributed by atoms with Gasteiger partial charge in [0, 0.05) is 30.9 Å². The van der Waals surface area contributed by atoms with E-state index in [-0.39, 0.29) is 23.7 Å². The molecule has 1 aliphatic rings. The molecule has 3 rings (SSSR count). The number of amides is 2. The van der Waals surface area contributed by atoms with Gasteiger partial charge in [-0.1, -0.05) is 0 Å². The molecule has 150 valence electrons. The Morgan fingerprint density at radius 2 is 1.97 bits per heavy atom. The highest BCUT2D eigenvalue weighted by atomic mass is 16.6. The molecule has 2 N–H and O–H groups in total. The molecule has 1 aliphatic heterocycles. The van der Waals surface area contributed by atoms with Crippen LogP contribution in [0, 0.1) is 11.3 Å². The van der Waals surface area contributed by atoms with Crippen molar-refractivity contribution >= 4 is 23.5 Å². The number of hydrogen-bond acceptors (Lipinski definition) is 7. The number of aromatic nitrogens is 2. The molecule has 9 nitrogen and oxygen atoms in total. The summed E-state index contributed by atoms with van der Waals surface area (Å²) in [6, 6.07) is 10.5. The predicted octanol–water partition coefficient (Wildman–Crippen LogP) is 2.44. The molecule has 9 heteroatoms. The van der Waals surface area contributed by atoms with Crippen LogP contribution in [0.2, 0.25) is 0 Å². The highest BCUT2D eigenvalue weighted by molar-refractivity contribution is 5.93. The molecule has 0 aliphatic carbocycles. The Balaban J connectivity index is 1.55. The normalized spacial score (nSPS) is 14.0. The van der Waals surface area contributed by atoms with Crippen LogP contribution in [0.5, 0.6) is 0 Å². The zero-order valence-electron chi connectivity index (χ0n) is 16.1. The molecule has 0 radical (unpaired) electrons. The number of nitriles is 1. The van der Waals surface area contributed by atoms with Crippen molar-refractivity contribution in [3.63, 3.8) is 0 Å². The molecule has 0 atom stereocenters. The Labute approximate surface area is 168 Å². The first-order valence-corrected chi connectivity index (χ1v) is 9.41. The molecule has 2 aromatic rings. The summed E-state index contributed by atoms with van der Waals surface area (Å²) in [5.74, 6) is 0.192.